The molecule has 6 nitrogen and oxygen atoms in total. The van der Waals surface area contributed by atoms with Crippen LogP contribution in [0.25, 0.3) is 0 Å². The van der Waals surface area contributed by atoms with Gasteiger partial charge in [0.25, 0.3) is 0 Å². The number of aromatic nitrogens is 1. The molecule has 1 aliphatic heterocycles. The Kier molecular flexibility index (Phi) is 11.3. The normalized spacial score (nSPS) is 42.7. The van der Waals surface area contributed by atoms with Crippen molar-refractivity contribution in [2.75, 3.05) is 44.3 Å². The molecular weight excluding hydrogens is 723 g/mol. The molecule has 6 aliphatic carbocycles. The zero-order chi connectivity index (χ0) is 40.4. The fraction of sp³-hybridized carbons (Fsp3) is 0.760. The molecule has 7 aliphatic rings. The van der Waals surface area contributed by atoms with E-state index in [9.17, 15) is 9.90 Å². The Morgan fingerprint density at radius 2 is 1.79 bits per heavy atom. The van der Waals surface area contributed by atoms with Crippen molar-refractivity contribution in [3.05, 3.63) is 59.8 Å². The standard InChI is InChI=1S/C50H75N3O3S/c1-9-36-32-35(15-21-49(36,44(54)55)33-56-42-12-10-11-25-51-42)38-17-19-46(6)40(45(38,4)5)18-20-48(8)41(46)14-13-39-43-37(34(2)3)16-22-50(43,24-23-47(39,48)7)52-26-27-53-28-30-57-31-29-53/h10-12,17,25,32,36-37,39-41,43,52H,2,9,13-16,18-24,26-31,33H2,1,3-8H3,(H,54,55)/t36?,37-,39+,40-,41+,43+,46-,47+,48+,49?,50-/m0/s1. The van der Waals surface area contributed by atoms with Crippen LogP contribution in [0.4, 0.5) is 0 Å². The van der Waals surface area contributed by atoms with Gasteiger partial charge in [-0.2, -0.15) is 11.8 Å². The van der Waals surface area contributed by atoms with Crippen molar-refractivity contribution in [3.8, 4) is 5.88 Å². The summed E-state index contributed by atoms with van der Waals surface area (Å²) in [6.07, 6.45) is 20.6. The summed E-state index contributed by atoms with van der Waals surface area (Å²) in [5, 5.41) is 15.1. The minimum absolute atomic E-state index is 0.0269. The third-order valence-electron chi connectivity index (χ3n) is 18.9. The molecule has 57 heavy (non-hydrogen) atoms. The van der Waals surface area contributed by atoms with Gasteiger partial charge in [0.1, 0.15) is 12.0 Å². The van der Waals surface area contributed by atoms with Gasteiger partial charge in [0, 0.05) is 55.5 Å². The minimum atomic E-state index is -0.952. The summed E-state index contributed by atoms with van der Waals surface area (Å²) in [6, 6.07) is 5.57. The highest BCUT2D eigenvalue weighted by atomic mass is 32.2. The number of fused-ring (bicyclic) bond motifs is 7. The van der Waals surface area contributed by atoms with E-state index in [4.69, 9.17) is 4.74 Å². The number of ether oxygens (including phenoxy) is 1. The first-order valence-corrected chi connectivity index (χ1v) is 24.2. The maximum absolute atomic E-state index is 13.1. The summed E-state index contributed by atoms with van der Waals surface area (Å²) >= 11 is 2.11. The smallest absolute Gasteiger partial charge is 0.313 e. The molecule has 11 atom stereocenters. The minimum Gasteiger partial charge on any atom is -0.481 e. The van der Waals surface area contributed by atoms with Crippen molar-refractivity contribution >= 4 is 17.7 Å². The second-order valence-electron chi connectivity index (χ2n) is 21.4. The first-order chi connectivity index (χ1) is 27.2. The zero-order valence-electron chi connectivity index (χ0n) is 36.6. The number of nitrogens with one attached hydrogen (secondary N) is 1. The van der Waals surface area contributed by atoms with Crippen LogP contribution in [0.1, 0.15) is 126 Å². The molecule has 0 spiro atoms. The Hall–Kier alpha value is -2.09. The predicted octanol–water partition coefficient (Wildman–Crippen LogP) is 10.9. The van der Waals surface area contributed by atoms with E-state index in [-0.39, 0.29) is 28.9 Å². The van der Waals surface area contributed by atoms with E-state index >= 15 is 0 Å². The number of aliphatic carboxylic acids is 1. The number of hydrogen-bond donors (Lipinski definition) is 2. The van der Waals surface area contributed by atoms with Gasteiger partial charge in [0.15, 0.2) is 0 Å². The Balaban J connectivity index is 1.04. The van der Waals surface area contributed by atoms with Crippen LogP contribution in [0.3, 0.4) is 0 Å². The maximum Gasteiger partial charge on any atom is 0.313 e. The molecular formula is C50H75N3O3S. The molecule has 1 saturated heterocycles. The Morgan fingerprint density at radius 1 is 1.00 bits per heavy atom. The van der Waals surface area contributed by atoms with E-state index in [1.54, 1.807) is 6.20 Å². The molecule has 7 heteroatoms. The van der Waals surface area contributed by atoms with Gasteiger partial charge in [-0.3, -0.25) is 4.79 Å². The Morgan fingerprint density at radius 3 is 2.49 bits per heavy atom. The van der Waals surface area contributed by atoms with Gasteiger partial charge in [-0.1, -0.05) is 71.9 Å². The SMILES string of the molecule is C=C(C)[C@@H]1CC[C@]2(NCCN3CCSCC3)CC[C@]3(C)[C@H](CC[C@@H]4[C@@]5(C)CC=C(C6=CC(CC)C(COc7ccccn7)(C(=O)O)CC6)C(C)(C)[C@@H]5CC[C@]43C)[C@@H]12. The summed E-state index contributed by atoms with van der Waals surface area (Å²) in [6.45, 7) is 27.4. The van der Waals surface area contributed by atoms with Crippen LogP contribution >= 0.6 is 11.8 Å². The van der Waals surface area contributed by atoms with E-state index in [2.05, 4.69) is 94.2 Å². The van der Waals surface area contributed by atoms with Gasteiger partial charge in [-0.05, 0) is 158 Å². The monoisotopic (exact) mass is 798 g/mol. The first kappa shape index (κ1) is 41.6. The Bertz CT molecular complexity index is 1740. The molecule has 1 aromatic heterocycles. The fourth-order valence-corrected chi connectivity index (χ4v) is 16.8. The number of rotatable bonds is 11. The van der Waals surface area contributed by atoms with Gasteiger partial charge in [-0.25, -0.2) is 4.98 Å². The molecule has 2 N–H and O–H groups in total. The van der Waals surface area contributed by atoms with Gasteiger partial charge in [0.2, 0.25) is 5.88 Å². The van der Waals surface area contributed by atoms with Crippen molar-refractivity contribution in [1.29, 1.82) is 0 Å². The second kappa shape index (κ2) is 15.4. The van der Waals surface area contributed by atoms with Crippen molar-refractivity contribution < 1.29 is 14.6 Å². The largest absolute Gasteiger partial charge is 0.481 e. The zero-order valence-corrected chi connectivity index (χ0v) is 37.5. The third kappa shape index (κ3) is 6.64. The molecule has 8 rings (SSSR count). The van der Waals surface area contributed by atoms with Crippen molar-refractivity contribution in [2.24, 2.45) is 62.6 Å². The molecule has 4 saturated carbocycles. The Labute approximate surface area is 349 Å². The van der Waals surface area contributed by atoms with E-state index in [0.717, 1.165) is 31.7 Å². The lowest BCUT2D eigenvalue weighted by Gasteiger charge is -2.72. The summed E-state index contributed by atoms with van der Waals surface area (Å²) in [4.78, 5) is 20.1. The van der Waals surface area contributed by atoms with Crippen LogP contribution in [0.2, 0.25) is 0 Å². The summed E-state index contributed by atoms with van der Waals surface area (Å²) < 4.78 is 6.09. The van der Waals surface area contributed by atoms with Gasteiger partial charge in [-0.15, -0.1) is 0 Å². The van der Waals surface area contributed by atoms with Crippen LogP contribution < -0.4 is 10.1 Å². The van der Waals surface area contributed by atoms with Crippen LogP contribution in [0.5, 0.6) is 5.88 Å². The van der Waals surface area contributed by atoms with Crippen LogP contribution in [0.15, 0.2) is 59.8 Å². The van der Waals surface area contributed by atoms with Crippen LogP contribution in [-0.4, -0.2) is 70.8 Å². The average molecular weight is 798 g/mol. The highest BCUT2D eigenvalue weighted by Crippen LogP contribution is 2.76. The van der Waals surface area contributed by atoms with Gasteiger partial charge in [0.05, 0.1) is 0 Å². The quantitative estimate of drug-likeness (QED) is 0.216. The molecule has 0 aromatic carbocycles. The molecule has 1 aromatic rings. The summed E-state index contributed by atoms with van der Waals surface area (Å²) in [7, 11) is 0. The van der Waals surface area contributed by atoms with Gasteiger partial charge < -0.3 is 20.1 Å². The second-order valence-corrected chi connectivity index (χ2v) is 22.6. The third-order valence-corrected chi connectivity index (χ3v) is 19.9. The molecule has 0 amide bonds. The topological polar surface area (TPSA) is 74.7 Å². The molecule has 0 radical (unpaired) electrons. The molecule has 314 valence electrons. The number of carboxylic acid groups (broad SMARTS) is 1. The van der Waals surface area contributed by atoms with E-state index in [0.29, 0.717) is 46.8 Å². The number of pyridine rings is 1. The number of hydrogen-bond acceptors (Lipinski definition) is 6. The van der Waals surface area contributed by atoms with Crippen molar-refractivity contribution in [2.45, 2.75) is 131 Å². The van der Waals surface area contributed by atoms with Crippen molar-refractivity contribution in [3.63, 3.8) is 0 Å². The molecule has 5 fully saturated rings. The molecule has 2 unspecified atom stereocenters. The van der Waals surface area contributed by atoms with Crippen molar-refractivity contribution in [1.82, 2.24) is 15.2 Å². The highest BCUT2D eigenvalue weighted by molar-refractivity contribution is 7.99. The number of carbonyl (C=O) groups is 1. The predicted molar refractivity (Wildman–Crippen MR) is 235 cm³/mol. The summed E-state index contributed by atoms with van der Waals surface area (Å²) in [5.74, 6) is 5.61. The van der Waals surface area contributed by atoms with Gasteiger partial charge >= 0.3 is 5.97 Å². The first-order valence-electron chi connectivity index (χ1n) is 23.0. The number of carboxylic acids is 1. The van der Waals surface area contributed by atoms with Crippen LogP contribution in [0, 0.1) is 62.6 Å². The highest BCUT2D eigenvalue weighted by Gasteiger charge is 2.70. The van der Waals surface area contributed by atoms with E-state index in [1.807, 2.05) is 18.2 Å². The number of nitrogens with zero attached hydrogens (tertiary/aromatic N) is 2. The number of allylic oxidation sites excluding steroid dienone is 5. The summed E-state index contributed by atoms with van der Waals surface area (Å²) in [5.41, 5.74) is 4.56. The van der Waals surface area contributed by atoms with E-state index in [1.165, 1.54) is 99.2 Å². The molecule has 0 bridgehead atoms. The average Bonchev–Trinajstić information content (AvgIpc) is 3.58. The lowest BCUT2D eigenvalue weighted by atomic mass is 9.33. The van der Waals surface area contributed by atoms with Crippen LogP contribution in [-0.2, 0) is 4.79 Å². The maximum atomic E-state index is 13.1. The lowest BCUT2D eigenvalue weighted by molar-refractivity contribution is -0.221. The lowest BCUT2D eigenvalue weighted by Crippen LogP contribution is -2.68. The van der Waals surface area contributed by atoms with E-state index < -0.39 is 11.4 Å². The molecule has 2 heterocycles. The fourth-order valence-electron chi connectivity index (χ4n) is 15.8. The number of thioether (sulfide) groups is 1.